The summed E-state index contributed by atoms with van der Waals surface area (Å²) < 4.78 is 78.7. The average Bonchev–Trinajstić information content (AvgIpc) is 2.95. The van der Waals surface area contributed by atoms with Gasteiger partial charge >= 0.3 is 18.5 Å². The molecular formula is C15H7F6N3O2. The molecule has 5 nitrogen and oxygen atoms in total. The van der Waals surface area contributed by atoms with Gasteiger partial charge in [-0.2, -0.15) is 18.3 Å². The fourth-order valence-corrected chi connectivity index (χ4v) is 2.16. The molecule has 0 fully saturated rings. The van der Waals surface area contributed by atoms with E-state index in [1.165, 1.54) is 12.3 Å². The van der Waals surface area contributed by atoms with E-state index in [9.17, 15) is 31.1 Å². The van der Waals surface area contributed by atoms with Crippen LogP contribution in [0.1, 0.15) is 15.9 Å². The first-order valence-electron chi connectivity index (χ1n) is 6.87. The first-order chi connectivity index (χ1) is 12.0. The monoisotopic (exact) mass is 375 g/mol. The highest BCUT2D eigenvalue weighted by Crippen LogP contribution is 2.31. The van der Waals surface area contributed by atoms with Crippen molar-refractivity contribution in [1.29, 1.82) is 0 Å². The number of ether oxygens (including phenoxy) is 1. The van der Waals surface area contributed by atoms with E-state index >= 15 is 0 Å². The molecule has 11 heteroatoms. The van der Waals surface area contributed by atoms with Gasteiger partial charge in [-0.1, -0.05) is 12.1 Å². The van der Waals surface area contributed by atoms with Gasteiger partial charge in [0, 0.05) is 11.8 Å². The minimum Gasteiger partial charge on any atom is -0.369 e. The van der Waals surface area contributed by atoms with Gasteiger partial charge in [-0.3, -0.25) is 0 Å². The minimum atomic E-state index is -5.17. The van der Waals surface area contributed by atoms with Crippen molar-refractivity contribution in [3.63, 3.8) is 0 Å². The number of fused-ring (bicyclic) bond motifs is 1. The summed E-state index contributed by atoms with van der Waals surface area (Å²) in [5.74, 6) is -1.69. The molecule has 3 aromatic rings. The number of carbonyl (C=O) groups excluding carboxylic acids is 1. The molecule has 2 aromatic heterocycles. The van der Waals surface area contributed by atoms with E-state index in [-0.39, 0.29) is 16.9 Å². The number of esters is 1. The van der Waals surface area contributed by atoms with Crippen molar-refractivity contribution in [2.24, 2.45) is 0 Å². The summed E-state index contributed by atoms with van der Waals surface area (Å²) in [4.78, 5) is 15.6. The number of alkyl halides is 6. The van der Waals surface area contributed by atoms with Crippen LogP contribution in [-0.2, 0) is 10.9 Å². The molecule has 0 radical (unpaired) electrons. The van der Waals surface area contributed by atoms with Crippen molar-refractivity contribution in [2.45, 2.75) is 12.5 Å². The van der Waals surface area contributed by atoms with Crippen LogP contribution in [-0.4, -0.2) is 26.9 Å². The second-order valence-electron chi connectivity index (χ2n) is 5.05. The lowest BCUT2D eigenvalue weighted by Gasteiger charge is -2.08. The van der Waals surface area contributed by atoms with Gasteiger partial charge in [0.2, 0.25) is 0 Å². The molecule has 1 aromatic carbocycles. The van der Waals surface area contributed by atoms with E-state index in [2.05, 4.69) is 14.8 Å². The van der Waals surface area contributed by atoms with Crippen LogP contribution in [0.2, 0.25) is 0 Å². The summed E-state index contributed by atoms with van der Waals surface area (Å²) in [6, 6.07) is 5.39. The number of nitrogens with zero attached hydrogens (tertiary/aromatic N) is 3. The topological polar surface area (TPSA) is 56.5 Å². The predicted octanol–water partition coefficient (Wildman–Crippen LogP) is 4.09. The Bertz CT molecular complexity index is 960. The Morgan fingerprint density at radius 1 is 1.00 bits per heavy atom. The summed E-state index contributed by atoms with van der Waals surface area (Å²) in [6.45, 7) is 0. The zero-order valence-corrected chi connectivity index (χ0v) is 12.5. The van der Waals surface area contributed by atoms with Gasteiger partial charge < -0.3 is 4.74 Å². The van der Waals surface area contributed by atoms with E-state index in [0.717, 1.165) is 35.0 Å². The first-order valence-corrected chi connectivity index (χ1v) is 6.87. The predicted molar refractivity (Wildman–Crippen MR) is 74.9 cm³/mol. The molecular weight excluding hydrogens is 368 g/mol. The van der Waals surface area contributed by atoms with Crippen LogP contribution in [0.25, 0.3) is 16.9 Å². The molecule has 2 heterocycles. The highest BCUT2D eigenvalue weighted by Gasteiger charge is 2.35. The average molecular weight is 375 g/mol. The molecule has 0 amide bonds. The molecule has 0 saturated carbocycles. The Morgan fingerprint density at radius 3 is 2.23 bits per heavy atom. The maximum Gasteiger partial charge on any atom is 0.575 e. The van der Waals surface area contributed by atoms with Crippen molar-refractivity contribution in [1.82, 2.24) is 14.6 Å². The van der Waals surface area contributed by atoms with Gasteiger partial charge in [0.05, 0.1) is 17.5 Å². The van der Waals surface area contributed by atoms with E-state index in [4.69, 9.17) is 0 Å². The van der Waals surface area contributed by atoms with Crippen molar-refractivity contribution in [3.8, 4) is 11.3 Å². The van der Waals surface area contributed by atoms with E-state index < -0.39 is 29.6 Å². The highest BCUT2D eigenvalue weighted by molar-refractivity contribution is 5.95. The molecule has 0 spiro atoms. The fraction of sp³-hybridized carbons (Fsp3) is 0.133. The third-order valence-electron chi connectivity index (χ3n) is 3.31. The molecule has 0 saturated heterocycles. The number of carbonyl (C=O) groups is 1. The fourth-order valence-electron chi connectivity index (χ4n) is 2.16. The van der Waals surface area contributed by atoms with Gasteiger partial charge in [-0.15, -0.1) is 13.2 Å². The smallest absolute Gasteiger partial charge is 0.369 e. The zero-order chi connectivity index (χ0) is 19.1. The summed E-state index contributed by atoms with van der Waals surface area (Å²) in [7, 11) is 0. The molecule has 26 heavy (non-hydrogen) atoms. The SMILES string of the molecule is O=C(OC(F)(F)F)c1cnn2ccc(-c3ccc(C(F)(F)F)cc3)nc12. The van der Waals surface area contributed by atoms with Crippen molar-refractivity contribution < 1.29 is 35.9 Å². The molecule has 3 rings (SSSR count). The number of aromatic nitrogens is 3. The van der Waals surface area contributed by atoms with Gasteiger partial charge in [0.1, 0.15) is 5.56 Å². The lowest BCUT2D eigenvalue weighted by atomic mass is 10.1. The normalized spacial score (nSPS) is 12.4. The lowest BCUT2D eigenvalue weighted by Crippen LogP contribution is -2.19. The molecule has 0 unspecified atom stereocenters. The largest absolute Gasteiger partial charge is 0.575 e. The Kier molecular flexibility index (Phi) is 4.09. The Morgan fingerprint density at radius 2 is 1.65 bits per heavy atom. The molecule has 0 N–H and O–H groups in total. The first kappa shape index (κ1) is 17.7. The maximum absolute atomic E-state index is 12.6. The summed E-state index contributed by atoms with van der Waals surface area (Å²) in [5, 5.41) is 3.69. The van der Waals surface area contributed by atoms with Gasteiger partial charge in [-0.25, -0.2) is 14.3 Å². The molecule has 0 atom stereocenters. The van der Waals surface area contributed by atoms with E-state index in [0.29, 0.717) is 0 Å². The molecule has 0 aliphatic heterocycles. The van der Waals surface area contributed by atoms with Gasteiger partial charge in [-0.05, 0) is 18.2 Å². The molecule has 0 aliphatic carbocycles. The van der Waals surface area contributed by atoms with Crippen molar-refractivity contribution >= 4 is 11.6 Å². The van der Waals surface area contributed by atoms with Crippen LogP contribution in [0.3, 0.4) is 0 Å². The van der Waals surface area contributed by atoms with Crippen LogP contribution in [0, 0.1) is 0 Å². The van der Waals surface area contributed by atoms with Crippen LogP contribution in [0.5, 0.6) is 0 Å². The lowest BCUT2D eigenvalue weighted by molar-refractivity contribution is -0.291. The number of hydrogen-bond donors (Lipinski definition) is 0. The zero-order valence-electron chi connectivity index (χ0n) is 12.5. The molecule has 0 bridgehead atoms. The second kappa shape index (κ2) is 6.00. The van der Waals surface area contributed by atoms with Crippen LogP contribution in [0.15, 0.2) is 42.7 Å². The van der Waals surface area contributed by atoms with E-state index in [1.807, 2.05) is 0 Å². The summed E-state index contributed by atoms with van der Waals surface area (Å²) >= 11 is 0. The highest BCUT2D eigenvalue weighted by atomic mass is 19.4. The summed E-state index contributed by atoms with van der Waals surface area (Å²) in [5.41, 5.74) is -1.20. The number of halogens is 6. The number of benzene rings is 1. The summed E-state index contributed by atoms with van der Waals surface area (Å²) in [6.07, 6.45) is -7.51. The quantitative estimate of drug-likeness (QED) is 0.500. The Hall–Kier alpha value is -3.11. The van der Waals surface area contributed by atoms with Crippen LogP contribution >= 0.6 is 0 Å². The number of rotatable bonds is 2. The number of hydrogen-bond acceptors (Lipinski definition) is 4. The molecule has 136 valence electrons. The van der Waals surface area contributed by atoms with Crippen LogP contribution < -0.4 is 0 Å². The van der Waals surface area contributed by atoms with Gasteiger partial charge in [0.25, 0.3) is 0 Å². The standard InChI is InChI=1S/C15H7F6N3O2/c16-14(17,18)9-3-1-8(2-4-9)11-5-6-24-12(23-11)10(7-22-24)13(25)26-15(19,20)21/h1-7H. The molecule has 0 aliphatic rings. The minimum absolute atomic E-state index is 0.146. The van der Waals surface area contributed by atoms with Crippen molar-refractivity contribution in [3.05, 3.63) is 53.9 Å². The van der Waals surface area contributed by atoms with Gasteiger partial charge in [0.15, 0.2) is 5.65 Å². The van der Waals surface area contributed by atoms with E-state index in [1.54, 1.807) is 0 Å². The van der Waals surface area contributed by atoms with Crippen LogP contribution in [0.4, 0.5) is 26.3 Å². The third-order valence-corrected chi connectivity index (χ3v) is 3.31. The third kappa shape index (κ3) is 3.60. The Balaban J connectivity index is 1.98. The maximum atomic E-state index is 12.6. The Labute approximate surface area is 140 Å². The second-order valence-corrected chi connectivity index (χ2v) is 5.05. The van der Waals surface area contributed by atoms with Crippen molar-refractivity contribution in [2.75, 3.05) is 0 Å².